The van der Waals surface area contributed by atoms with E-state index >= 15 is 0 Å². The molecule has 0 radical (unpaired) electrons. The second-order valence-corrected chi connectivity index (χ2v) is 4.07. The summed E-state index contributed by atoms with van der Waals surface area (Å²) in [6.07, 6.45) is 10.5. The predicted octanol–water partition coefficient (Wildman–Crippen LogP) is 4.91. The lowest BCUT2D eigenvalue weighted by atomic mass is 9.85. The van der Waals surface area contributed by atoms with Crippen molar-refractivity contribution < 1.29 is 21.7 Å². The Balaban J connectivity index is 0.000000249. The normalized spacial score (nSPS) is 17.2. The zero-order valence-corrected chi connectivity index (χ0v) is 9.42. The van der Waals surface area contributed by atoms with Crippen molar-refractivity contribution in [2.75, 3.05) is 0 Å². The Morgan fingerprint density at radius 3 is 1.88 bits per heavy atom. The van der Waals surface area contributed by atoms with Gasteiger partial charge in [0.1, 0.15) is 0 Å². The summed E-state index contributed by atoms with van der Waals surface area (Å²) in [6, 6.07) is 4.21. The maximum absolute atomic E-state index is 9.75. The number of hydrogen-bond acceptors (Lipinski definition) is 0. The first kappa shape index (κ1) is 14.0. The molecule has 0 amide bonds. The Hall–Kier alpha value is -1.07. The molecule has 0 aromatic carbocycles. The predicted molar refractivity (Wildman–Crippen MR) is 59.1 cm³/mol. The highest BCUT2D eigenvalue weighted by atomic mass is 19.5. The second kappa shape index (κ2) is 6.62. The first-order chi connectivity index (χ1) is 7.97. The quantitative estimate of drug-likeness (QED) is 0.391. The minimum atomic E-state index is -6.00. The molecule has 1 aromatic rings. The van der Waals surface area contributed by atoms with Crippen molar-refractivity contribution in [2.45, 2.75) is 38.0 Å². The lowest BCUT2D eigenvalue weighted by molar-refractivity contribution is 0.368. The molecular weight excluding hydrogens is 235 g/mol. The van der Waals surface area contributed by atoms with E-state index in [-0.39, 0.29) is 0 Å². The van der Waals surface area contributed by atoms with Crippen LogP contribution in [-0.2, 0) is 0 Å². The van der Waals surface area contributed by atoms with Gasteiger partial charge in [0.05, 0.1) is 0 Å². The molecule has 0 unspecified atom stereocenters. The highest BCUT2D eigenvalue weighted by Gasteiger charge is 2.20. The van der Waals surface area contributed by atoms with Gasteiger partial charge in [-0.2, -0.15) is 0 Å². The zero-order chi connectivity index (χ0) is 12.7. The van der Waals surface area contributed by atoms with Crippen LogP contribution < -0.4 is 0 Å². The highest BCUT2D eigenvalue weighted by Crippen LogP contribution is 2.32. The summed E-state index contributed by atoms with van der Waals surface area (Å²) in [7, 11) is -6.00. The summed E-state index contributed by atoms with van der Waals surface area (Å²) < 4.78 is 44.0. The number of rotatable bonds is 1. The molecule has 17 heavy (non-hydrogen) atoms. The van der Waals surface area contributed by atoms with E-state index in [4.69, 9.17) is 4.42 Å². The SMILES string of the molecule is F[B-](F)(F)F.c1cc(C2CCCCC2)cc[o+]1. The molecule has 1 saturated carbocycles. The molecular formula is C11H15BF4O. The number of hydrogen-bond donors (Lipinski definition) is 0. The van der Waals surface area contributed by atoms with Crippen LogP contribution in [-0.4, -0.2) is 7.25 Å². The summed E-state index contributed by atoms with van der Waals surface area (Å²) >= 11 is 0. The molecule has 0 aliphatic heterocycles. The topological polar surface area (TPSA) is 11.3 Å². The molecule has 0 atom stereocenters. The van der Waals surface area contributed by atoms with E-state index in [2.05, 4.69) is 12.1 Å². The average molecular weight is 250 g/mol. The molecule has 1 aliphatic rings. The van der Waals surface area contributed by atoms with Gasteiger partial charge in [0.2, 0.25) is 0 Å². The lowest BCUT2D eigenvalue weighted by Crippen LogP contribution is -2.03. The Kier molecular flexibility index (Phi) is 5.45. The van der Waals surface area contributed by atoms with E-state index < -0.39 is 7.25 Å². The minimum absolute atomic E-state index is 0.801. The second-order valence-electron chi connectivity index (χ2n) is 4.07. The van der Waals surface area contributed by atoms with Crippen molar-refractivity contribution in [1.29, 1.82) is 0 Å². The minimum Gasteiger partial charge on any atom is -0.418 e. The summed E-state index contributed by atoms with van der Waals surface area (Å²) in [5.74, 6) is 0.801. The molecule has 96 valence electrons. The molecule has 0 spiro atoms. The van der Waals surface area contributed by atoms with Crippen molar-refractivity contribution in [1.82, 2.24) is 0 Å². The van der Waals surface area contributed by atoms with Gasteiger partial charge in [-0.1, -0.05) is 19.3 Å². The molecule has 2 rings (SSSR count). The van der Waals surface area contributed by atoms with Crippen LogP contribution in [0.3, 0.4) is 0 Å². The van der Waals surface area contributed by atoms with Gasteiger partial charge in [0.15, 0.2) is 0 Å². The van der Waals surface area contributed by atoms with Gasteiger partial charge in [-0.25, -0.2) is 4.42 Å². The van der Waals surface area contributed by atoms with Crippen molar-refractivity contribution in [3.05, 3.63) is 30.2 Å². The molecule has 0 N–H and O–H groups in total. The van der Waals surface area contributed by atoms with Crippen LogP contribution in [0.25, 0.3) is 0 Å². The Labute approximate surface area is 97.9 Å². The fraction of sp³-hybridized carbons (Fsp3) is 0.545. The molecule has 0 bridgehead atoms. The van der Waals surface area contributed by atoms with Gasteiger partial charge in [-0.3, -0.25) is 0 Å². The third-order valence-electron chi connectivity index (χ3n) is 2.75. The fourth-order valence-corrected chi connectivity index (χ4v) is 2.04. The van der Waals surface area contributed by atoms with Crippen LogP contribution in [0.15, 0.2) is 29.1 Å². The van der Waals surface area contributed by atoms with Gasteiger partial charge < -0.3 is 17.3 Å². The van der Waals surface area contributed by atoms with E-state index in [0.717, 1.165) is 5.92 Å². The Bertz CT molecular complexity index is 303. The van der Waals surface area contributed by atoms with Crippen molar-refractivity contribution in [3.63, 3.8) is 0 Å². The van der Waals surface area contributed by atoms with Crippen molar-refractivity contribution >= 4 is 7.25 Å². The molecule has 1 fully saturated rings. The first-order valence-corrected chi connectivity index (χ1v) is 5.69. The molecule has 1 nitrogen and oxygen atoms in total. The van der Waals surface area contributed by atoms with Gasteiger partial charge in [0.25, 0.3) is 0 Å². The molecule has 1 heterocycles. The van der Waals surface area contributed by atoms with Gasteiger partial charge >= 0.3 is 19.8 Å². The summed E-state index contributed by atoms with van der Waals surface area (Å²) in [5, 5.41) is 0. The van der Waals surface area contributed by atoms with E-state index in [1.165, 1.54) is 37.7 Å². The maximum atomic E-state index is 9.75. The molecule has 6 heteroatoms. The summed E-state index contributed by atoms with van der Waals surface area (Å²) in [4.78, 5) is 0. The van der Waals surface area contributed by atoms with E-state index in [9.17, 15) is 17.3 Å². The summed E-state index contributed by atoms with van der Waals surface area (Å²) in [6.45, 7) is 0. The van der Waals surface area contributed by atoms with Gasteiger partial charge in [-0.15, -0.1) is 0 Å². The van der Waals surface area contributed by atoms with Crippen LogP contribution in [0, 0.1) is 0 Å². The number of halogens is 4. The molecule has 1 aromatic heterocycles. The van der Waals surface area contributed by atoms with E-state index in [1.807, 2.05) is 0 Å². The van der Waals surface area contributed by atoms with Crippen LogP contribution >= 0.6 is 0 Å². The maximum Gasteiger partial charge on any atom is 0.673 e. The fourth-order valence-electron chi connectivity index (χ4n) is 2.04. The third kappa shape index (κ3) is 6.97. The zero-order valence-electron chi connectivity index (χ0n) is 9.42. The van der Waals surface area contributed by atoms with E-state index in [1.54, 1.807) is 12.5 Å². The highest BCUT2D eigenvalue weighted by molar-refractivity contribution is 6.50. The Morgan fingerprint density at radius 1 is 0.941 bits per heavy atom. The standard InChI is InChI=1S/C11H15O.BF4/c1-2-4-10(5-3-1)11-6-8-12-9-7-11;2-1(3,4)5/h6-10H,1-5H2;/q+1;-1. The summed E-state index contributed by atoms with van der Waals surface area (Å²) in [5.41, 5.74) is 1.46. The average Bonchev–Trinajstić information content (AvgIpc) is 2.29. The van der Waals surface area contributed by atoms with Crippen LogP contribution in [0.4, 0.5) is 17.3 Å². The first-order valence-electron chi connectivity index (χ1n) is 5.69. The van der Waals surface area contributed by atoms with Crippen LogP contribution in [0.1, 0.15) is 43.6 Å². The smallest absolute Gasteiger partial charge is 0.418 e. The van der Waals surface area contributed by atoms with Crippen LogP contribution in [0.5, 0.6) is 0 Å². The molecule has 0 saturated heterocycles. The third-order valence-corrected chi connectivity index (χ3v) is 2.75. The Morgan fingerprint density at radius 2 is 1.41 bits per heavy atom. The van der Waals surface area contributed by atoms with Crippen molar-refractivity contribution in [2.24, 2.45) is 0 Å². The monoisotopic (exact) mass is 250 g/mol. The van der Waals surface area contributed by atoms with Gasteiger partial charge in [-0.05, 0) is 24.3 Å². The van der Waals surface area contributed by atoms with Crippen molar-refractivity contribution in [3.8, 4) is 0 Å². The van der Waals surface area contributed by atoms with Gasteiger partial charge in [0, 0.05) is 12.1 Å². The molecule has 1 aliphatic carbocycles. The largest absolute Gasteiger partial charge is 0.673 e. The van der Waals surface area contributed by atoms with E-state index in [0.29, 0.717) is 0 Å². The lowest BCUT2D eigenvalue weighted by Gasteiger charge is -2.20. The van der Waals surface area contributed by atoms with Crippen LogP contribution in [0.2, 0.25) is 0 Å².